The Kier molecular flexibility index (Phi) is 4.61. The molecule has 25 heavy (non-hydrogen) atoms. The molecule has 3 rings (SSSR count). The smallest absolute Gasteiger partial charge is 0.374 e. The van der Waals surface area contributed by atoms with Crippen LogP contribution in [-0.2, 0) is 11.2 Å². The molecule has 0 radical (unpaired) electrons. The molecule has 6 nitrogen and oxygen atoms in total. The fourth-order valence-corrected chi connectivity index (χ4v) is 2.64. The predicted octanol–water partition coefficient (Wildman–Crippen LogP) is 3.89. The highest BCUT2D eigenvalue weighted by atomic mass is 16.5. The van der Waals surface area contributed by atoms with E-state index in [1.807, 2.05) is 6.92 Å². The number of carbonyl (C=O) groups is 1. The van der Waals surface area contributed by atoms with Gasteiger partial charge in [0, 0.05) is 6.07 Å². The molecular formula is C19H18O6. The molecule has 0 saturated heterocycles. The molecule has 0 fully saturated rings. The van der Waals surface area contributed by atoms with Crippen molar-refractivity contribution in [2.45, 2.75) is 26.7 Å². The van der Waals surface area contributed by atoms with E-state index >= 15 is 0 Å². The number of aryl methyl sites for hydroxylation is 1. The van der Waals surface area contributed by atoms with Crippen molar-refractivity contribution in [3.8, 4) is 17.1 Å². The minimum absolute atomic E-state index is 0.0220. The van der Waals surface area contributed by atoms with Gasteiger partial charge in [-0.15, -0.1) is 0 Å². The molecule has 0 unspecified atom stereocenters. The van der Waals surface area contributed by atoms with Gasteiger partial charge < -0.3 is 18.7 Å². The van der Waals surface area contributed by atoms with Crippen LogP contribution in [0.15, 0.2) is 44.2 Å². The lowest BCUT2D eigenvalue weighted by Crippen LogP contribution is -2.05. The fraction of sp³-hybridized carbons (Fsp3) is 0.263. The van der Waals surface area contributed by atoms with Crippen LogP contribution >= 0.6 is 0 Å². The van der Waals surface area contributed by atoms with E-state index < -0.39 is 5.97 Å². The van der Waals surface area contributed by atoms with Crippen molar-refractivity contribution in [3.63, 3.8) is 0 Å². The van der Waals surface area contributed by atoms with Crippen LogP contribution in [0.2, 0.25) is 0 Å². The Morgan fingerprint density at radius 2 is 2.04 bits per heavy atom. The number of esters is 1. The van der Waals surface area contributed by atoms with Crippen LogP contribution < -0.4 is 5.43 Å². The highest BCUT2D eigenvalue weighted by Gasteiger charge is 2.17. The van der Waals surface area contributed by atoms with Crippen LogP contribution in [-0.4, -0.2) is 17.7 Å². The highest BCUT2D eigenvalue weighted by Crippen LogP contribution is 2.27. The molecule has 0 aliphatic heterocycles. The number of phenolic OH excluding ortho intramolecular Hbond substituents is 1. The lowest BCUT2D eigenvalue weighted by atomic mass is 10.0. The quantitative estimate of drug-likeness (QED) is 0.708. The minimum atomic E-state index is -0.589. The SMILES string of the molecule is CCCc1cc2c(=O)c(-c3ccc(C(=O)OCC)o3)coc2cc1O. The molecule has 2 aromatic heterocycles. The van der Waals surface area contributed by atoms with Gasteiger partial charge in [-0.1, -0.05) is 13.3 Å². The molecule has 0 bridgehead atoms. The van der Waals surface area contributed by atoms with Gasteiger partial charge in [0.25, 0.3) is 0 Å². The maximum atomic E-state index is 12.8. The van der Waals surface area contributed by atoms with Gasteiger partial charge in [0.1, 0.15) is 28.9 Å². The summed E-state index contributed by atoms with van der Waals surface area (Å²) in [5.41, 5.74) is 0.897. The lowest BCUT2D eigenvalue weighted by Gasteiger charge is -2.06. The molecule has 2 heterocycles. The van der Waals surface area contributed by atoms with E-state index in [1.165, 1.54) is 24.5 Å². The number of phenols is 1. The first kappa shape index (κ1) is 16.8. The average Bonchev–Trinajstić information content (AvgIpc) is 3.07. The summed E-state index contributed by atoms with van der Waals surface area (Å²) in [5, 5.41) is 10.4. The maximum absolute atomic E-state index is 12.8. The van der Waals surface area contributed by atoms with Gasteiger partial charge >= 0.3 is 5.97 Å². The summed E-state index contributed by atoms with van der Waals surface area (Å²) in [7, 11) is 0. The maximum Gasteiger partial charge on any atom is 0.374 e. The van der Waals surface area contributed by atoms with E-state index in [0.29, 0.717) is 23.0 Å². The summed E-state index contributed by atoms with van der Waals surface area (Å²) in [6, 6.07) is 6.06. The predicted molar refractivity (Wildman–Crippen MR) is 91.8 cm³/mol. The lowest BCUT2D eigenvalue weighted by molar-refractivity contribution is 0.0491. The molecule has 1 N–H and O–H groups in total. The molecule has 130 valence electrons. The monoisotopic (exact) mass is 342 g/mol. The molecule has 0 saturated carbocycles. The highest BCUT2D eigenvalue weighted by molar-refractivity contribution is 5.87. The van der Waals surface area contributed by atoms with Gasteiger partial charge in [-0.05, 0) is 37.1 Å². The van der Waals surface area contributed by atoms with Gasteiger partial charge in [-0.3, -0.25) is 4.79 Å². The number of rotatable bonds is 5. The number of hydrogen-bond donors (Lipinski definition) is 1. The Hall–Kier alpha value is -3.02. The number of fused-ring (bicyclic) bond motifs is 1. The Morgan fingerprint density at radius 1 is 1.24 bits per heavy atom. The van der Waals surface area contributed by atoms with Crippen molar-refractivity contribution in [1.29, 1.82) is 0 Å². The normalized spacial score (nSPS) is 11.0. The van der Waals surface area contributed by atoms with Crippen molar-refractivity contribution in [2.24, 2.45) is 0 Å². The van der Waals surface area contributed by atoms with Crippen molar-refractivity contribution in [2.75, 3.05) is 6.61 Å². The first-order chi connectivity index (χ1) is 12.0. The molecule has 0 atom stereocenters. The third-order valence-corrected chi connectivity index (χ3v) is 3.84. The summed E-state index contributed by atoms with van der Waals surface area (Å²) in [6.45, 7) is 3.92. The molecule has 0 amide bonds. The number of aromatic hydroxyl groups is 1. The number of carbonyl (C=O) groups excluding carboxylic acids is 1. The second-order valence-corrected chi connectivity index (χ2v) is 5.59. The Balaban J connectivity index is 2.08. The van der Waals surface area contributed by atoms with Crippen LogP contribution in [0.4, 0.5) is 0 Å². The van der Waals surface area contributed by atoms with Gasteiger partial charge in [0.05, 0.1) is 12.0 Å². The number of ether oxygens (including phenoxy) is 1. The minimum Gasteiger partial charge on any atom is -0.508 e. The number of furan rings is 1. The second kappa shape index (κ2) is 6.84. The zero-order chi connectivity index (χ0) is 18.0. The summed E-state index contributed by atoms with van der Waals surface area (Å²) >= 11 is 0. The summed E-state index contributed by atoms with van der Waals surface area (Å²) in [4.78, 5) is 24.5. The Labute approximate surface area is 143 Å². The van der Waals surface area contributed by atoms with Crippen LogP contribution in [0.3, 0.4) is 0 Å². The third-order valence-electron chi connectivity index (χ3n) is 3.84. The first-order valence-corrected chi connectivity index (χ1v) is 8.09. The van der Waals surface area contributed by atoms with Crippen molar-refractivity contribution in [3.05, 3.63) is 52.1 Å². The van der Waals surface area contributed by atoms with E-state index in [-0.39, 0.29) is 34.9 Å². The largest absolute Gasteiger partial charge is 0.508 e. The topological polar surface area (TPSA) is 89.9 Å². The fourth-order valence-electron chi connectivity index (χ4n) is 2.64. The van der Waals surface area contributed by atoms with E-state index in [4.69, 9.17) is 13.6 Å². The van der Waals surface area contributed by atoms with E-state index in [0.717, 1.165) is 6.42 Å². The van der Waals surface area contributed by atoms with Gasteiger partial charge in [0.2, 0.25) is 11.2 Å². The van der Waals surface area contributed by atoms with Gasteiger partial charge in [0.15, 0.2) is 0 Å². The zero-order valence-corrected chi connectivity index (χ0v) is 14.0. The van der Waals surface area contributed by atoms with Crippen LogP contribution in [0.1, 0.15) is 36.4 Å². The van der Waals surface area contributed by atoms with Crippen LogP contribution in [0.25, 0.3) is 22.3 Å². The molecule has 3 aromatic rings. The van der Waals surface area contributed by atoms with Crippen molar-refractivity contribution in [1.82, 2.24) is 0 Å². The van der Waals surface area contributed by atoms with E-state index in [1.54, 1.807) is 13.0 Å². The number of benzene rings is 1. The summed E-state index contributed by atoms with van der Waals surface area (Å²) in [5.74, 6) is -0.237. The van der Waals surface area contributed by atoms with Crippen molar-refractivity contribution < 1.29 is 23.5 Å². The van der Waals surface area contributed by atoms with E-state index in [2.05, 4.69) is 0 Å². The Morgan fingerprint density at radius 3 is 2.76 bits per heavy atom. The molecular weight excluding hydrogens is 324 g/mol. The Bertz CT molecular complexity index is 979. The summed E-state index contributed by atoms with van der Waals surface area (Å²) < 4.78 is 15.8. The molecule has 1 aromatic carbocycles. The van der Waals surface area contributed by atoms with Crippen LogP contribution in [0.5, 0.6) is 5.75 Å². The molecule has 0 spiro atoms. The van der Waals surface area contributed by atoms with Gasteiger partial charge in [-0.2, -0.15) is 0 Å². The molecule has 6 heteroatoms. The molecule has 0 aliphatic carbocycles. The van der Waals surface area contributed by atoms with Gasteiger partial charge in [-0.25, -0.2) is 4.79 Å². The van der Waals surface area contributed by atoms with Crippen molar-refractivity contribution >= 4 is 16.9 Å². The first-order valence-electron chi connectivity index (χ1n) is 8.09. The molecule has 0 aliphatic rings. The number of hydrogen-bond acceptors (Lipinski definition) is 6. The standard InChI is InChI=1S/C19H18O6/c1-3-5-11-8-12-17(9-14(11)20)24-10-13(18(12)21)15-6-7-16(25-15)19(22)23-4-2/h6-10,20H,3-5H2,1-2H3. The average molecular weight is 342 g/mol. The van der Waals surface area contributed by atoms with E-state index in [9.17, 15) is 14.7 Å². The second-order valence-electron chi connectivity index (χ2n) is 5.59. The third kappa shape index (κ3) is 3.15. The summed E-state index contributed by atoms with van der Waals surface area (Å²) in [6.07, 6.45) is 2.75. The zero-order valence-electron chi connectivity index (χ0n) is 14.0. The van der Waals surface area contributed by atoms with Crippen LogP contribution in [0, 0.1) is 0 Å².